The fourth-order valence-electron chi connectivity index (χ4n) is 4.89. The number of allylic oxidation sites excluding steroid dienone is 1. The Morgan fingerprint density at radius 3 is 2.37 bits per heavy atom. The number of benzene rings is 2. The van der Waals surface area contributed by atoms with Crippen LogP contribution in [0.2, 0.25) is 0 Å². The minimum atomic E-state index is 0.0174. The quantitative estimate of drug-likeness (QED) is 0.719. The van der Waals surface area contributed by atoms with Crippen molar-refractivity contribution in [3.8, 4) is 11.5 Å². The first-order valence-electron chi connectivity index (χ1n) is 10.8. The predicted octanol–water partition coefficient (Wildman–Crippen LogP) is 3.94. The van der Waals surface area contributed by atoms with Crippen LogP contribution in [-0.4, -0.2) is 47.2 Å². The van der Waals surface area contributed by atoms with Gasteiger partial charge in [0.25, 0.3) is 5.91 Å². The highest BCUT2D eigenvalue weighted by molar-refractivity contribution is 5.95. The minimum absolute atomic E-state index is 0.0174. The van der Waals surface area contributed by atoms with Crippen LogP contribution >= 0.6 is 0 Å². The zero-order valence-corrected chi connectivity index (χ0v) is 17.7. The largest absolute Gasteiger partial charge is 0.508 e. The number of aromatic hydroxyl groups is 2. The van der Waals surface area contributed by atoms with Crippen LogP contribution in [0.4, 0.5) is 0 Å². The van der Waals surface area contributed by atoms with Gasteiger partial charge in [0, 0.05) is 30.3 Å². The zero-order chi connectivity index (χ0) is 21.3. The number of piperidine rings is 1. The lowest BCUT2D eigenvalue weighted by atomic mass is 9.67. The number of fused-ring (bicyclic) bond motifs is 1. The second-order valence-corrected chi connectivity index (χ2v) is 8.40. The monoisotopic (exact) mass is 406 g/mol. The fraction of sp³-hybridized carbons (Fsp3) is 0.400. The average Bonchev–Trinajstić information content (AvgIpc) is 2.74. The van der Waals surface area contributed by atoms with Gasteiger partial charge in [0.2, 0.25) is 0 Å². The maximum atomic E-state index is 12.7. The predicted molar refractivity (Wildman–Crippen MR) is 119 cm³/mol. The van der Waals surface area contributed by atoms with Crippen LogP contribution in [-0.2, 0) is 6.42 Å². The van der Waals surface area contributed by atoms with Crippen molar-refractivity contribution in [3.05, 3.63) is 64.7 Å². The Hall–Kier alpha value is -2.79. The Bertz CT molecular complexity index is 969. The molecule has 0 bridgehead atoms. The summed E-state index contributed by atoms with van der Waals surface area (Å²) in [7, 11) is 0. The molecule has 5 nitrogen and oxygen atoms in total. The second kappa shape index (κ2) is 8.15. The molecule has 5 heteroatoms. The molecule has 2 aliphatic rings. The van der Waals surface area contributed by atoms with Crippen LogP contribution in [0.1, 0.15) is 53.7 Å². The molecule has 0 atom stereocenters. The zero-order valence-electron chi connectivity index (χ0n) is 17.7. The molecule has 1 spiro atoms. The van der Waals surface area contributed by atoms with Gasteiger partial charge in [0.1, 0.15) is 11.5 Å². The molecule has 0 unspecified atom stereocenters. The van der Waals surface area contributed by atoms with E-state index in [1.807, 2.05) is 43.0 Å². The third-order valence-electron chi connectivity index (χ3n) is 6.54. The molecule has 2 aromatic rings. The van der Waals surface area contributed by atoms with E-state index in [-0.39, 0.29) is 22.8 Å². The van der Waals surface area contributed by atoms with Crippen LogP contribution in [0, 0.1) is 5.41 Å². The highest BCUT2D eigenvalue weighted by Gasteiger charge is 2.36. The number of rotatable bonds is 4. The Kier molecular flexibility index (Phi) is 5.56. The van der Waals surface area contributed by atoms with E-state index in [0.29, 0.717) is 18.7 Å². The first kappa shape index (κ1) is 20.5. The number of hydrogen-bond acceptors (Lipinski definition) is 4. The van der Waals surface area contributed by atoms with Crippen molar-refractivity contribution in [1.29, 1.82) is 0 Å². The van der Waals surface area contributed by atoms with E-state index in [4.69, 9.17) is 0 Å². The molecule has 30 heavy (non-hydrogen) atoms. The van der Waals surface area contributed by atoms with Gasteiger partial charge in [-0.2, -0.15) is 0 Å². The van der Waals surface area contributed by atoms with Crippen molar-refractivity contribution >= 4 is 11.5 Å². The number of phenols is 2. The number of phenolic OH excluding ortho intramolecular Hbond substituents is 2. The van der Waals surface area contributed by atoms with Crippen molar-refractivity contribution in [2.75, 3.05) is 26.2 Å². The van der Waals surface area contributed by atoms with Crippen molar-refractivity contribution < 1.29 is 15.0 Å². The molecule has 3 N–H and O–H groups in total. The molecule has 1 aliphatic carbocycles. The summed E-state index contributed by atoms with van der Waals surface area (Å²) in [5, 5.41) is 24.2. The molecule has 1 heterocycles. The van der Waals surface area contributed by atoms with Gasteiger partial charge in [-0.25, -0.2) is 0 Å². The molecular formula is C25H30N2O3. The van der Waals surface area contributed by atoms with E-state index >= 15 is 0 Å². The average molecular weight is 407 g/mol. The van der Waals surface area contributed by atoms with Crippen LogP contribution in [0.5, 0.6) is 11.5 Å². The van der Waals surface area contributed by atoms with E-state index in [1.165, 1.54) is 6.07 Å². The lowest BCUT2D eigenvalue weighted by Gasteiger charge is -2.40. The fourth-order valence-corrected chi connectivity index (χ4v) is 4.89. The van der Waals surface area contributed by atoms with Crippen molar-refractivity contribution in [1.82, 2.24) is 10.2 Å². The van der Waals surface area contributed by atoms with Gasteiger partial charge in [0.15, 0.2) is 0 Å². The summed E-state index contributed by atoms with van der Waals surface area (Å²) in [5.74, 6) is 0.229. The Morgan fingerprint density at radius 1 is 1.07 bits per heavy atom. The van der Waals surface area contributed by atoms with Gasteiger partial charge >= 0.3 is 0 Å². The summed E-state index contributed by atoms with van der Waals surface area (Å²) < 4.78 is 0. The Labute approximate surface area is 178 Å². The van der Waals surface area contributed by atoms with Gasteiger partial charge in [0.05, 0.1) is 0 Å². The number of nitrogens with zero attached hydrogens (tertiary/aromatic N) is 1. The Balaban J connectivity index is 1.77. The van der Waals surface area contributed by atoms with E-state index in [2.05, 4.69) is 11.4 Å². The molecule has 1 aliphatic heterocycles. The van der Waals surface area contributed by atoms with E-state index in [1.54, 1.807) is 6.07 Å². The van der Waals surface area contributed by atoms with Crippen molar-refractivity contribution in [3.63, 3.8) is 0 Å². The third-order valence-corrected chi connectivity index (χ3v) is 6.54. The number of nitrogens with one attached hydrogen (secondary N) is 1. The summed E-state index contributed by atoms with van der Waals surface area (Å²) >= 11 is 0. The normalized spacial score (nSPS) is 17.3. The third kappa shape index (κ3) is 3.70. The van der Waals surface area contributed by atoms with E-state index in [9.17, 15) is 15.0 Å². The number of carbonyl (C=O) groups excluding carboxylic acids is 1. The molecule has 0 radical (unpaired) electrons. The van der Waals surface area contributed by atoms with Gasteiger partial charge in [-0.15, -0.1) is 0 Å². The molecule has 0 aromatic heterocycles. The van der Waals surface area contributed by atoms with E-state index < -0.39 is 0 Å². The maximum absolute atomic E-state index is 12.7. The minimum Gasteiger partial charge on any atom is -0.508 e. The highest BCUT2D eigenvalue weighted by Crippen LogP contribution is 2.48. The van der Waals surface area contributed by atoms with Gasteiger partial charge in [-0.05, 0) is 86.5 Å². The Morgan fingerprint density at radius 2 is 1.73 bits per heavy atom. The lowest BCUT2D eigenvalue weighted by molar-refractivity contribution is 0.0773. The topological polar surface area (TPSA) is 72.8 Å². The molecule has 4 rings (SSSR count). The number of carbonyl (C=O) groups is 1. The molecule has 1 fully saturated rings. The van der Waals surface area contributed by atoms with Gasteiger partial charge < -0.3 is 20.4 Å². The van der Waals surface area contributed by atoms with Crippen molar-refractivity contribution in [2.45, 2.75) is 33.1 Å². The molecule has 0 saturated carbocycles. The van der Waals surface area contributed by atoms with Crippen LogP contribution in [0.25, 0.3) is 5.57 Å². The highest BCUT2D eigenvalue weighted by atomic mass is 16.3. The number of amides is 1. The van der Waals surface area contributed by atoms with Crippen LogP contribution in [0.3, 0.4) is 0 Å². The molecule has 2 aromatic carbocycles. The lowest BCUT2D eigenvalue weighted by Crippen LogP contribution is -2.38. The maximum Gasteiger partial charge on any atom is 0.253 e. The van der Waals surface area contributed by atoms with Crippen LogP contribution in [0.15, 0.2) is 42.5 Å². The van der Waals surface area contributed by atoms with Gasteiger partial charge in [-0.3, -0.25) is 4.79 Å². The summed E-state index contributed by atoms with van der Waals surface area (Å²) in [6, 6.07) is 10.9. The van der Waals surface area contributed by atoms with Crippen molar-refractivity contribution in [2.24, 2.45) is 5.41 Å². The van der Waals surface area contributed by atoms with E-state index in [0.717, 1.165) is 54.6 Å². The summed E-state index contributed by atoms with van der Waals surface area (Å²) in [4.78, 5) is 14.5. The summed E-state index contributed by atoms with van der Waals surface area (Å²) in [5.41, 5.74) is 4.42. The summed E-state index contributed by atoms with van der Waals surface area (Å²) in [6.45, 7) is 7.25. The second-order valence-electron chi connectivity index (χ2n) is 8.40. The van der Waals surface area contributed by atoms with Gasteiger partial charge in [-0.1, -0.05) is 18.2 Å². The van der Waals surface area contributed by atoms with Crippen LogP contribution < -0.4 is 5.32 Å². The molecule has 1 amide bonds. The molecule has 158 valence electrons. The standard InChI is InChI=1S/C25H30N2O3/c1-3-27(4-2)24(30)18-7-5-17(6-8-18)21-16-25(9-11-26-12-10-25)15-19-13-20(28)14-22(29)23(19)21/h5-8,13-14,16,26,28-29H,3-4,9-12,15H2,1-2H3. The SMILES string of the molecule is CCN(CC)C(=O)c1ccc(C2=CC3(CCNCC3)Cc3cc(O)cc(O)c32)cc1. The first-order valence-corrected chi connectivity index (χ1v) is 10.8. The molecular weight excluding hydrogens is 376 g/mol. The summed E-state index contributed by atoms with van der Waals surface area (Å²) in [6.07, 6.45) is 5.16. The number of hydrogen-bond donors (Lipinski definition) is 3. The molecule has 1 saturated heterocycles. The first-order chi connectivity index (χ1) is 14.5. The smallest absolute Gasteiger partial charge is 0.253 e.